The van der Waals surface area contributed by atoms with Crippen LogP contribution >= 0.6 is 0 Å². The quantitative estimate of drug-likeness (QED) is 0.862. The molecule has 0 aliphatic carbocycles. The van der Waals surface area contributed by atoms with Gasteiger partial charge < -0.3 is 4.98 Å². The highest BCUT2D eigenvalue weighted by molar-refractivity contribution is 7.89. The first kappa shape index (κ1) is 12.4. The molecular weight excluding hydrogens is 266 g/mol. The lowest BCUT2D eigenvalue weighted by molar-refractivity contribution is 0.471. The maximum absolute atomic E-state index is 12.3. The number of nitrogens with zero attached hydrogens (tertiary/aromatic N) is 3. The van der Waals surface area contributed by atoms with E-state index in [1.165, 1.54) is 16.7 Å². The van der Waals surface area contributed by atoms with Crippen LogP contribution < -0.4 is 0 Å². The second-order valence-corrected chi connectivity index (χ2v) is 6.67. The van der Waals surface area contributed by atoms with E-state index in [4.69, 9.17) is 0 Å². The Morgan fingerprint density at radius 2 is 2.26 bits per heavy atom. The zero-order valence-electron chi connectivity index (χ0n) is 10.5. The fourth-order valence-corrected chi connectivity index (χ4v) is 3.75. The van der Waals surface area contributed by atoms with E-state index < -0.39 is 10.0 Å². The third-order valence-corrected chi connectivity index (χ3v) is 5.20. The average molecular weight is 281 g/mol. The van der Waals surface area contributed by atoms with Crippen molar-refractivity contribution in [3.05, 3.63) is 30.1 Å². The van der Waals surface area contributed by atoms with Gasteiger partial charge in [-0.3, -0.25) is 5.10 Å². The highest BCUT2D eigenvalue weighted by Gasteiger charge is 2.34. The Balaban J connectivity index is 1.79. The van der Waals surface area contributed by atoms with Gasteiger partial charge in [-0.05, 0) is 13.3 Å². The van der Waals surface area contributed by atoms with Crippen molar-refractivity contribution in [2.24, 2.45) is 0 Å². The van der Waals surface area contributed by atoms with Gasteiger partial charge in [-0.2, -0.15) is 9.40 Å². The van der Waals surface area contributed by atoms with Gasteiger partial charge in [-0.15, -0.1) is 0 Å². The second-order valence-electron chi connectivity index (χ2n) is 4.73. The molecule has 1 aliphatic rings. The topological polar surface area (TPSA) is 94.7 Å². The van der Waals surface area contributed by atoms with Crippen LogP contribution in [0.25, 0.3) is 0 Å². The van der Waals surface area contributed by atoms with E-state index in [9.17, 15) is 8.42 Å². The average Bonchev–Trinajstić information content (AvgIpc) is 3.10. The minimum absolute atomic E-state index is 0.135. The first-order valence-corrected chi connectivity index (χ1v) is 7.52. The Kier molecular flexibility index (Phi) is 2.90. The smallest absolute Gasteiger partial charge is 0.246 e. The Morgan fingerprint density at radius 1 is 1.42 bits per heavy atom. The molecule has 2 aromatic rings. The first-order valence-electron chi connectivity index (χ1n) is 6.08. The summed E-state index contributed by atoms with van der Waals surface area (Å²) in [4.78, 5) is 7.67. The minimum Gasteiger partial charge on any atom is -0.346 e. The molecule has 0 radical (unpaired) electrons. The monoisotopic (exact) mass is 281 g/mol. The molecule has 1 saturated heterocycles. The Hall–Kier alpha value is -1.67. The molecule has 0 saturated carbocycles. The van der Waals surface area contributed by atoms with Crippen molar-refractivity contribution in [1.29, 1.82) is 0 Å². The number of sulfonamides is 1. The van der Waals surface area contributed by atoms with Crippen LogP contribution in [0.5, 0.6) is 0 Å². The molecule has 0 unspecified atom stereocenters. The Bertz CT molecular complexity index is 661. The van der Waals surface area contributed by atoms with Crippen LogP contribution in [-0.4, -0.2) is 46.0 Å². The highest BCUT2D eigenvalue weighted by Crippen LogP contribution is 2.29. The van der Waals surface area contributed by atoms with Crippen LogP contribution in [0.1, 0.15) is 23.9 Å². The predicted octanol–water partition coefficient (Wildman–Crippen LogP) is 0.619. The molecule has 0 spiro atoms. The third-order valence-electron chi connectivity index (χ3n) is 3.37. The summed E-state index contributed by atoms with van der Waals surface area (Å²) in [7, 11) is -3.43. The summed E-state index contributed by atoms with van der Waals surface area (Å²) >= 11 is 0. The van der Waals surface area contributed by atoms with Crippen LogP contribution in [0.3, 0.4) is 0 Å². The molecule has 7 nitrogen and oxygen atoms in total. The van der Waals surface area contributed by atoms with E-state index in [2.05, 4.69) is 20.2 Å². The molecule has 19 heavy (non-hydrogen) atoms. The van der Waals surface area contributed by atoms with E-state index in [0.29, 0.717) is 13.1 Å². The van der Waals surface area contributed by atoms with Gasteiger partial charge in [0.25, 0.3) is 0 Å². The zero-order chi connectivity index (χ0) is 13.5. The molecule has 3 rings (SSSR count). The summed E-state index contributed by atoms with van der Waals surface area (Å²) in [5, 5.41) is 6.22. The summed E-state index contributed by atoms with van der Waals surface area (Å²) in [6.45, 7) is 2.91. The molecule has 3 heterocycles. The van der Waals surface area contributed by atoms with E-state index in [-0.39, 0.29) is 10.8 Å². The summed E-state index contributed by atoms with van der Waals surface area (Å²) in [5.74, 6) is 0.998. The first-order chi connectivity index (χ1) is 9.07. The molecule has 102 valence electrons. The van der Waals surface area contributed by atoms with Crippen molar-refractivity contribution < 1.29 is 8.42 Å². The van der Waals surface area contributed by atoms with Crippen LogP contribution in [0.15, 0.2) is 23.5 Å². The number of aryl methyl sites for hydroxylation is 1. The van der Waals surface area contributed by atoms with Gasteiger partial charge in [0, 0.05) is 37.1 Å². The number of nitrogens with one attached hydrogen (secondary N) is 2. The lowest BCUT2D eigenvalue weighted by atomic mass is 10.1. The molecule has 1 atom stereocenters. The predicted molar refractivity (Wildman–Crippen MR) is 68.0 cm³/mol. The maximum Gasteiger partial charge on any atom is 0.246 e. The van der Waals surface area contributed by atoms with Gasteiger partial charge in [0.05, 0.1) is 6.20 Å². The molecule has 0 aromatic carbocycles. The van der Waals surface area contributed by atoms with Gasteiger partial charge in [-0.1, -0.05) is 0 Å². The van der Waals surface area contributed by atoms with Gasteiger partial charge in [0.15, 0.2) is 0 Å². The van der Waals surface area contributed by atoms with Crippen molar-refractivity contribution in [2.45, 2.75) is 24.2 Å². The number of imidazole rings is 1. The molecular formula is C11H15N5O2S. The van der Waals surface area contributed by atoms with Gasteiger partial charge in [0.1, 0.15) is 10.7 Å². The Morgan fingerprint density at radius 3 is 2.89 bits per heavy atom. The van der Waals surface area contributed by atoms with Crippen molar-refractivity contribution in [3.8, 4) is 0 Å². The van der Waals surface area contributed by atoms with Crippen LogP contribution in [0.4, 0.5) is 0 Å². The SMILES string of the molecule is Cc1cnc([C@@H]2CCN(S(=O)(=O)c3cn[nH]c3)C2)[nH]1. The minimum atomic E-state index is -3.43. The fraction of sp³-hybridized carbons (Fsp3) is 0.455. The van der Waals surface area contributed by atoms with Crippen molar-refractivity contribution >= 4 is 10.0 Å². The van der Waals surface area contributed by atoms with E-state index >= 15 is 0 Å². The number of H-pyrrole nitrogens is 2. The van der Waals surface area contributed by atoms with E-state index in [1.807, 2.05) is 6.92 Å². The molecule has 0 bridgehead atoms. The van der Waals surface area contributed by atoms with Gasteiger partial charge >= 0.3 is 0 Å². The largest absolute Gasteiger partial charge is 0.346 e. The zero-order valence-corrected chi connectivity index (χ0v) is 11.3. The third kappa shape index (κ3) is 2.17. The normalized spacial score (nSPS) is 21.0. The van der Waals surface area contributed by atoms with Crippen molar-refractivity contribution in [1.82, 2.24) is 24.5 Å². The number of rotatable bonds is 3. The molecule has 1 fully saturated rings. The summed E-state index contributed by atoms with van der Waals surface area (Å²) < 4.78 is 26.1. The van der Waals surface area contributed by atoms with E-state index in [1.54, 1.807) is 6.20 Å². The molecule has 2 N–H and O–H groups in total. The number of aromatic amines is 2. The fourth-order valence-electron chi connectivity index (χ4n) is 2.34. The van der Waals surface area contributed by atoms with Crippen molar-refractivity contribution in [3.63, 3.8) is 0 Å². The number of hydrogen-bond donors (Lipinski definition) is 2. The molecule has 2 aromatic heterocycles. The Labute approximate surface area is 111 Å². The summed E-state index contributed by atoms with van der Waals surface area (Å²) in [6, 6.07) is 0. The molecule has 0 amide bonds. The van der Waals surface area contributed by atoms with Gasteiger partial charge in [0.2, 0.25) is 10.0 Å². The van der Waals surface area contributed by atoms with Gasteiger partial charge in [-0.25, -0.2) is 13.4 Å². The van der Waals surface area contributed by atoms with Crippen LogP contribution in [0, 0.1) is 6.92 Å². The lowest BCUT2D eigenvalue weighted by Gasteiger charge is -2.14. The number of hydrogen-bond acceptors (Lipinski definition) is 4. The molecule has 1 aliphatic heterocycles. The number of aromatic nitrogens is 4. The van der Waals surface area contributed by atoms with E-state index in [0.717, 1.165) is 17.9 Å². The highest BCUT2D eigenvalue weighted by atomic mass is 32.2. The van der Waals surface area contributed by atoms with Crippen molar-refractivity contribution in [2.75, 3.05) is 13.1 Å². The second kappa shape index (κ2) is 4.46. The molecule has 8 heteroatoms. The van der Waals surface area contributed by atoms with Crippen LogP contribution in [0.2, 0.25) is 0 Å². The summed E-state index contributed by atoms with van der Waals surface area (Å²) in [5.41, 5.74) is 0.992. The lowest BCUT2D eigenvalue weighted by Crippen LogP contribution is -2.28. The van der Waals surface area contributed by atoms with Crippen LogP contribution in [-0.2, 0) is 10.0 Å². The maximum atomic E-state index is 12.3. The standard InChI is InChI=1S/C11H15N5O2S/c1-8-4-12-11(15-8)9-2-3-16(7-9)19(17,18)10-5-13-14-6-10/h4-6,9H,2-3,7H2,1H3,(H,12,15)(H,13,14)/t9-/m1/s1. The summed E-state index contributed by atoms with van der Waals surface area (Å²) in [6.07, 6.45) is 5.28.